The van der Waals surface area contributed by atoms with Crippen LogP contribution in [0.2, 0.25) is 0 Å². The third-order valence-corrected chi connectivity index (χ3v) is 5.74. The lowest BCUT2D eigenvalue weighted by molar-refractivity contribution is -0.127. The number of rotatable bonds is 6. The molecule has 1 aromatic heterocycles. The van der Waals surface area contributed by atoms with Gasteiger partial charge in [0.1, 0.15) is 5.82 Å². The third-order valence-electron chi connectivity index (χ3n) is 5.74. The molecule has 2 fully saturated rings. The van der Waals surface area contributed by atoms with E-state index in [1.54, 1.807) is 18.3 Å². The summed E-state index contributed by atoms with van der Waals surface area (Å²) in [4.78, 5) is 12.8. The van der Waals surface area contributed by atoms with Crippen molar-refractivity contribution >= 4 is 5.91 Å². The molecule has 0 aliphatic heterocycles. The predicted octanol–water partition coefficient (Wildman–Crippen LogP) is 2.30. The van der Waals surface area contributed by atoms with Gasteiger partial charge in [0, 0.05) is 18.9 Å². The summed E-state index contributed by atoms with van der Waals surface area (Å²) in [6.45, 7) is 0.761. The molecule has 0 bridgehead atoms. The summed E-state index contributed by atoms with van der Waals surface area (Å²) >= 11 is 0. The van der Waals surface area contributed by atoms with Gasteiger partial charge in [0.05, 0.1) is 17.6 Å². The van der Waals surface area contributed by atoms with Crippen LogP contribution in [0.25, 0.3) is 0 Å². The Morgan fingerprint density at radius 3 is 2.73 bits per heavy atom. The van der Waals surface area contributed by atoms with Gasteiger partial charge in [0.2, 0.25) is 5.91 Å². The van der Waals surface area contributed by atoms with Crippen molar-refractivity contribution in [2.75, 3.05) is 0 Å². The molecule has 138 valence electrons. The van der Waals surface area contributed by atoms with Gasteiger partial charge in [-0.05, 0) is 61.8 Å². The van der Waals surface area contributed by atoms with Crippen molar-refractivity contribution in [3.63, 3.8) is 0 Å². The minimum Gasteiger partial charge on any atom is -0.391 e. The number of nitrogens with one attached hydrogen (secondary N) is 1. The predicted molar refractivity (Wildman–Crippen MR) is 94.7 cm³/mol. The van der Waals surface area contributed by atoms with Crippen molar-refractivity contribution in [2.24, 2.45) is 11.3 Å². The molecule has 1 aromatic carbocycles. The molecule has 2 saturated carbocycles. The normalized spacial score (nSPS) is 26.6. The Hall–Kier alpha value is -2.21. The van der Waals surface area contributed by atoms with Crippen LogP contribution in [0, 0.1) is 17.2 Å². The third kappa shape index (κ3) is 3.65. The van der Waals surface area contributed by atoms with Gasteiger partial charge in [-0.15, -0.1) is 0 Å². The second-order valence-corrected chi connectivity index (χ2v) is 7.80. The Morgan fingerprint density at radius 1 is 1.31 bits per heavy atom. The van der Waals surface area contributed by atoms with Crippen LogP contribution in [0.15, 0.2) is 42.7 Å². The number of carbonyl (C=O) groups excluding carboxylic acids is 1. The second-order valence-electron chi connectivity index (χ2n) is 7.80. The number of carbonyl (C=O) groups is 1. The molecule has 2 aliphatic carbocycles. The minimum atomic E-state index is -0.513. The molecule has 1 heterocycles. The number of aromatic nitrogens is 2. The van der Waals surface area contributed by atoms with E-state index in [1.165, 1.54) is 12.1 Å². The number of aliphatic hydroxyl groups excluding tert-OH is 1. The summed E-state index contributed by atoms with van der Waals surface area (Å²) < 4.78 is 14.9. The molecule has 2 N–H and O–H groups in total. The number of amides is 1. The quantitative estimate of drug-likeness (QED) is 0.834. The van der Waals surface area contributed by atoms with Crippen molar-refractivity contribution in [1.82, 2.24) is 15.1 Å². The molecule has 1 unspecified atom stereocenters. The van der Waals surface area contributed by atoms with Gasteiger partial charge < -0.3 is 10.4 Å². The molecular weight excluding hydrogens is 333 g/mol. The van der Waals surface area contributed by atoms with Gasteiger partial charge in [-0.2, -0.15) is 5.10 Å². The van der Waals surface area contributed by atoms with Crippen LogP contribution in [0.4, 0.5) is 4.39 Å². The second kappa shape index (κ2) is 6.83. The fourth-order valence-electron chi connectivity index (χ4n) is 4.04. The topological polar surface area (TPSA) is 67.2 Å². The molecule has 2 aromatic rings. The highest BCUT2D eigenvalue weighted by Crippen LogP contribution is 2.49. The summed E-state index contributed by atoms with van der Waals surface area (Å²) in [7, 11) is 0. The van der Waals surface area contributed by atoms with E-state index in [4.69, 9.17) is 0 Å². The van der Waals surface area contributed by atoms with Crippen LogP contribution in [-0.2, 0) is 17.8 Å². The first-order valence-corrected chi connectivity index (χ1v) is 9.25. The lowest BCUT2D eigenvalue weighted by Crippen LogP contribution is -2.44. The summed E-state index contributed by atoms with van der Waals surface area (Å²) in [5, 5.41) is 17.7. The largest absolute Gasteiger partial charge is 0.391 e. The van der Waals surface area contributed by atoms with Gasteiger partial charge in [-0.3, -0.25) is 9.48 Å². The summed E-state index contributed by atoms with van der Waals surface area (Å²) in [6, 6.07) is 8.04. The summed E-state index contributed by atoms with van der Waals surface area (Å²) in [5.74, 6) is 0.0633. The molecule has 1 amide bonds. The number of aliphatic hydroxyl groups is 1. The first-order chi connectivity index (χ1) is 12.5. The molecule has 26 heavy (non-hydrogen) atoms. The van der Waals surface area contributed by atoms with E-state index >= 15 is 0 Å². The number of halogens is 1. The van der Waals surface area contributed by atoms with Gasteiger partial charge >= 0.3 is 0 Å². The summed E-state index contributed by atoms with van der Waals surface area (Å²) in [6.07, 6.45) is 6.90. The molecule has 4 rings (SSSR count). The SMILES string of the molecule is O=C(N[C@@H]1CC(Cn2cccn2)C[C@H]1O)C1(Cc2ccc(F)cc2)CC1. The van der Waals surface area contributed by atoms with E-state index in [0.717, 1.165) is 31.4 Å². The highest BCUT2D eigenvalue weighted by molar-refractivity contribution is 5.86. The zero-order valence-electron chi connectivity index (χ0n) is 14.6. The van der Waals surface area contributed by atoms with Crippen LogP contribution in [0.3, 0.4) is 0 Å². The Kier molecular flexibility index (Phi) is 4.53. The molecular formula is C20H24FN3O2. The van der Waals surface area contributed by atoms with Crippen molar-refractivity contribution in [2.45, 2.75) is 50.8 Å². The lowest BCUT2D eigenvalue weighted by atomic mass is 9.95. The highest BCUT2D eigenvalue weighted by Gasteiger charge is 2.50. The molecule has 6 heteroatoms. The standard InChI is InChI=1S/C20H24FN3O2/c21-16-4-2-14(3-5-16)12-20(6-7-20)19(26)23-17-10-15(11-18(17)25)13-24-9-1-8-22-24/h1-5,8-9,15,17-18,25H,6-7,10-13H2,(H,23,26)/t15?,17-,18-/m1/s1. The molecule has 2 aliphatic rings. The van der Waals surface area contributed by atoms with E-state index in [-0.39, 0.29) is 17.8 Å². The Morgan fingerprint density at radius 2 is 2.08 bits per heavy atom. The van der Waals surface area contributed by atoms with Crippen molar-refractivity contribution in [3.05, 3.63) is 54.1 Å². The van der Waals surface area contributed by atoms with Gasteiger partial charge in [0.25, 0.3) is 0 Å². The van der Waals surface area contributed by atoms with Crippen LogP contribution in [-0.4, -0.2) is 32.9 Å². The van der Waals surface area contributed by atoms with Gasteiger partial charge in [0.15, 0.2) is 0 Å². The highest BCUT2D eigenvalue weighted by atomic mass is 19.1. The number of hydrogen-bond donors (Lipinski definition) is 2. The van der Waals surface area contributed by atoms with Crippen molar-refractivity contribution in [1.29, 1.82) is 0 Å². The Bertz CT molecular complexity index is 756. The number of nitrogens with zero attached hydrogens (tertiary/aromatic N) is 2. The minimum absolute atomic E-state index is 0.0191. The van der Waals surface area contributed by atoms with E-state index in [0.29, 0.717) is 18.8 Å². The first kappa shape index (κ1) is 17.2. The number of hydrogen-bond acceptors (Lipinski definition) is 3. The number of benzene rings is 1. The maximum atomic E-state index is 13.1. The van der Waals surface area contributed by atoms with Gasteiger partial charge in [-0.25, -0.2) is 4.39 Å². The van der Waals surface area contributed by atoms with E-state index in [2.05, 4.69) is 10.4 Å². The summed E-state index contributed by atoms with van der Waals surface area (Å²) in [5.41, 5.74) is 0.583. The smallest absolute Gasteiger partial charge is 0.226 e. The first-order valence-electron chi connectivity index (χ1n) is 9.25. The van der Waals surface area contributed by atoms with Crippen LogP contribution in [0.5, 0.6) is 0 Å². The lowest BCUT2D eigenvalue weighted by Gasteiger charge is -2.21. The molecule has 0 saturated heterocycles. The molecule has 5 nitrogen and oxygen atoms in total. The maximum Gasteiger partial charge on any atom is 0.226 e. The maximum absolute atomic E-state index is 13.1. The van der Waals surface area contributed by atoms with Crippen molar-refractivity contribution < 1.29 is 14.3 Å². The Labute approximate surface area is 152 Å². The van der Waals surface area contributed by atoms with E-state index in [1.807, 2.05) is 16.9 Å². The van der Waals surface area contributed by atoms with Crippen LogP contribution >= 0.6 is 0 Å². The van der Waals surface area contributed by atoms with E-state index in [9.17, 15) is 14.3 Å². The Balaban J connectivity index is 1.34. The van der Waals surface area contributed by atoms with Crippen molar-refractivity contribution in [3.8, 4) is 0 Å². The average molecular weight is 357 g/mol. The average Bonchev–Trinajstić information content (AvgIpc) is 3.06. The van der Waals surface area contributed by atoms with Gasteiger partial charge in [-0.1, -0.05) is 12.1 Å². The zero-order chi connectivity index (χ0) is 18.1. The zero-order valence-corrected chi connectivity index (χ0v) is 14.6. The molecule has 3 atom stereocenters. The van der Waals surface area contributed by atoms with E-state index < -0.39 is 11.5 Å². The molecule has 0 radical (unpaired) electrons. The van der Waals surface area contributed by atoms with Crippen LogP contribution in [0.1, 0.15) is 31.2 Å². The fourth-order valence-corrected chi connectivity index (χ4v) is 4.04. The van der Waals surface area contributed by atoms with Crippen LogP contribution < -0.4 is 5.32 Å². The fraction of sp³-hybridized carbons (Fsp3) is 0.500. The molecule has 0 spiro atoms. The monoisotopic (exact) mass is 357 g/mol.